The van der Waals surface area contributed by atoms with Crippen LogP contribution in [0.4, 0.5) is 28.4 Å². The summed E-state index contributed by atoms with van der Waals surface area (Å²) in [5.74, 6) is 0.397. The van der Waals surface area contributed by atoms with Crippen LogP contribution in [0.5, 0.6) is 0 Å². The summed E-state index contributed by atoms with van der Waals surface area (Å²) in [6, 6.07) is 72.9. The Morgan fingerprint density at radius 1 is 0.419 bits per heavy atom. The molecule has 0 heterocycles. The number of hydrogen-bond acceptors (Lipinski definition) is 2. The van der Waals surface area contributed by atoms with Crippen molar-refractivity contribution in [2.75, 3.05) is 9.80 Å². The molecule has 0 radical (unpaired) electrons. The zero-order valence-corrected chi connectivity index (χ0v) is 35.8. The van der Waals surface area contributed by atoms with Crippen molar-refractivity contribution in [3.63, 3.8) is 0 Å². The lowest BCUT2D eigenvalue weighted by atomic mass is 9.69. The predicted molar refractivity (Wildman–Crippen MR) is 261 cm³/mol. The Morgan fingerprint density at radius 2 is 0.871 bits per heavy atom. The standard InChI is InChI=1S/C60H50N2/c1-59(2)51-39-47(61(43-27-15-7-16-28-43)44-29-17-8-18-30-44)35-37-49(51)55-53(41-23-11-5-12-24-41)54(42-25-13-6-14-26-42)56-50-38-36-48(40-52(50)60(3,4)58(56)57(55)59)62(45-31-19-9-20-32-45)46-33-21-10-22-34-46/h5-40,49,51H,1-4H3. The van der Waals surface area contributed by atoms with Crippen LogP contribution in [0.1, 0.15) is 55.9 Å². The molecule has 2 unspecified atom stereocenters. The van der Waals surface area contributed by atoms with E-state index in [-0.39, 0.29) is 22.7 Å². The normalized spacial score (nSPS) is 17.3. The van der Waals surface area contributed by atoms with Crippen molar-refractivity contribution in [2.24, 2.45) is 5.92 Å². The van der Waals surface area contributed by atoms with Crippen molar-refractivity contribution >= 4 is 28.4 Å². The topological polar surface area (TPSA) is 6.48 Å². The van der Waals surface area contributed by atoms with Gasteiger partial charge >= 0.3 is 0 Å². The van der Waals surface area contributed by atoms with Crippen LogP contribution in [0.25, 0.3) is 33.4 Å². The molecule has 2 nitrogen and oxygen atoms in total. The fraction of sp³-hybridized carbons (Fsp3) is 0.133. The molecule has 0 N–H and O–H groups in total. The molecule has 8 aromatic carbocycles. The van der Waals surface area contributed by atoms with E-state index in [4.69, 9.17) is 0 Å². The van der Waals surface area contributed by atoms with Gasteiger partial charge in [0.2, 0.25) is 0 Å². The predicted octanol–water partition coefficient (Wildman–Crippen LogP) is 16.1. The Labute approximate surface area is 366 Å². The van der Waals surface area contributed by atoms with Crippen LogP contribution in [0, 0.1) is 5.92 Å². The second-order valence-corrected chi connectivity index (χ2v) is 18.1. The van der Waals surface area contributed by atoms with Crippen LogP contribution in [0.3, 0.4) is 0 Å². The maximum Gasteiger partial charge on any atom is 0.0465 e. The van der Waals surface area contributed by atoms with Gasteiger partial charge in [0.25, 0.3) is 0 Å². The molecular weight excluding hydrogens is 749 g/mol. The Kier molecular flexibility index (Phi) is 9.02. The van der Waals surface area contributed by atoms with Crippen molar-refractivity contribution in [3.05, 3.63) is 246 Å². The van der Waals surface area contributed by atoms with Gasteiger partial charge in [0.05, 0.1) is 0 Å². The second kappa shape index (κ2) is 14.8. The molecule has 0 bridgehead atoms. The molecule has 0 spiro atoms. The Morgan fingerprint density at radius 3 is 1.37 bits per heavy atom. The lowest BCUT2D eigenvalue weighted by Crippen LogP contribution is -2.30. The highest BCUT2D eigenvalue weighted by molar-refractivity contribution is 6.04. The first-order valence-corrected chi connectivity index (χ1v) is 22.0. The Bertz CT molecular complexity index is 2910. The highest BCUT2D eigenvalue weighted by atomic mass is 15.2. The molecule has 62 heavy (non-hydrogen) atoms. The number of para-hydroxylation sites is 4. The quantitative estimate of drug-likeness (QED) is 0.151. The average molecular weight is 799 g/mol. The molecule has 0 amide bonds. The van der Waals surface area contributed by atoms with Gasteiger partial charge < -0.3 is 9.80 Å². The van der Waals surface area contributed by atoms with Gasteiger partial charge in [0, 0.05) is 45.5 Å². The largest absolute Gasteiger partial charge is 0.311 e. The summed E-state index contributed by atoms with van der Waals surface area (Å²) in [6.07, 6.45) is 7.52. The number of benzene rings is 8. The molecule has 300 valence electrons. The van der Waals surface area contributed by atoms with Crippen molar-refractivity contribution in [3.8, 4) is 33.4 Å². The Hall–Kier alpha value is -7.16. The number of hydrogen-bond donors (Lipinski definition) is 0. The van der Waals surface area contributed by atoms with Gasteiger partial charge in [-0.3, -0.25) is 0 Å². The van der Waals surface area contributed by atoms with Gasteiger partial charge in [-0.15, -0.1) is 0 Å². The molecule has 0 saturated carbocycles. The van der Waals surface area contributed by atoms with Gasteiger partial charge in [-0.2, -0.15) is 0 Å². The fourth-order valence-corrected chi connectivity index (χ4v) is 11.1. The lowest BCUT2D eigenvalue weighted by molar-refractivity contribution is 0.387. The molecule has 3 aliphatic rings. The van der Waals surface area contributed by atoms with E-state index in [1.54, 1.807) is 0 Å². The smallest absolute Gasteiger partial charge is 0.0465 e. The third-order valence-corrected chi connectivity index (χ3v) is 13.8. The van der Waals surface area contributed by atoms with Crippen LogP contribution < -0.4 is 9.80 Å². The zero-order chi connectivity index (χ0) is 42.0. The van der Waals surface area contributed by atoms with E-state index in [1.807, 2.05) is 0 Å². The molecule has 0 fully saturated rings. The maximum absolute atomic E-state index is 2.60. The van der Waals surface area contributed by atoms with Gasteiger partial charge in [0.15, 0.2) is 0 Å². The minimum atomic E-state index is -0.302. The molecule has 2 atom stereocenters. The molecular formula is C60H50N2. The monoisotopic (exact) mass is 798 g/mol. The van der Waals surface area contributed by atoms with Crippen LogP contribution in [-0.2, 0) is 10.8 Å². The summed E-state index contributed by atoms with van der Waals surface area (Å²) in [5, 5.41) is 0. The molecule has 0 saturated heterocycles. The first-order valence-electron chi connectivity index (χ1n) is 22.0. The first kappa shape index (κ1) is 37.8. The number of allylic oxidation sites excluding steroid dienone is 3. The van der Waals surface area contributed by atoms with Gasteiger partial charge in [0.1, 0.15) is 0 Å². The maximum atomic E-state index is 2.60. The lowest BCUT2D eigenvalue weighted by Gasteiger charge is -2.36. The highest BCUT2D eigenvalue weighted by Crippen LogP contribution is 2.66. The zero-order valence-electron chi connectivity index (χ0n) is 35.8. The highest BCUT2D eigenvalue weighted by Gasteiger charge is 2.53. The van der Waals surface area contributed by atoms with E-state index in [0.29, 0.717) is 0 Å². The van der Waals surface area contributed by atoms with E-state index in [1.165, 1.54) is 61.3 Å². The molecule has 0 aliphatic heterocycles. The molecule has 0 aromatic heterocycles. The summed E-state index contributed by atoms with van der Waals surface area (Å²) >= 11 is 0. The summed E-state index contributed by atoms with van der Waals surface area (Å²) in [5.41, 5.74) is 20.2. The van der Waals surface area contributed by atoms with Crippen molar-refractivity contribution in [2.45, 2.75) is 44.4 Å². The van der Waals surface area contributed by atoms with Crippen molar-refractivity contribution < 1.29 is 0 Å². The van der Waals surface area contributed by atoms with E-state index in [2.05, 4.69) is 256 Å². The van der Waals surface area contributed by atoms with Crippen molar-refractivity contribution in [1.29, 1.82) is 0 Å². The fourth-order valence-electron chi connectivity index (χ4n) is 11.1. The summed E-state index contributed by atoms with van der Waals surface area (Å²) < 4.78 is 0. The third-order valence-electron chi connectivity index (χ3n) is 13.8. The van der Waals surface area contributed by atoms with Crippen LogP contribution >= 0.6 is 0 Å². The van der Waals surface area contributed by atoms with Crippen LogP contribution in [0.15, 0.2) is 224 Å². The number of anilines is 5. The van der Waals surface area contributed by atoms with E-state index in [0.717, 1.165) is 28.4 Å². The molecule has 2 heteroatoms. The van der Waals surface area contributed by atoms with E-state index in [9.17, 15) is 0 Å². The first-order chi connectivity index (χ1) is 30.3. The van der Waals surface area contributed by atoms with E-state index >= 15 is 0 Å². The SMILES string of the molecule is CC1(C)c2cc(N(c3ccccc3)c3ccccc3)ccc2-c2c(-c3ccccc3)c(-c3ccccc3)c3c(c21)C(C)(C)C1C=C(N(c2ccccc2)c2ccccc2)C=CC31. The Balaban J connectivity index is 1.18. The van der Waals surface area contributed by atoms with Crippen molar-refractivity contribution in [1.82, 2.24) is 0 Å². The molecule has 8 aromatic rings. The number of fused-ring (bicyclic) bond motifs is 7. The summed E-state index contributed by atoms with van der Waals surface area (Å²) in [7, 11) is 0. The molecule has 3 aliphatic carbocycles. The van der Waals surface area contributed by atoms with Crippen LogP contribution in [0.2, 0.25) is 0 Å². The second-order valence-electron chi connectivity index (χ2n) is 18.1. The minimum Gasteiger partial charge on any atom is -0.311 e. The van der Waals surface area contributed by atoms with Gasteiger partial charge in [-0.1, -0.05) is 179 Å². The van der Waals surface area contributed by atoms with Crippen LogP contribution in [-0.4, -0.2) is 0 Å². The van der Waals surface area contributed by atoms with E-state index < -0.39 is 0 Å². The minimum absolute atomic E-state index is 0.182. The van der Waals surface area contributed by atoms with Gasteiger partial charge in [-0.05, 0) is 134 Å². The summed E-state index contributed by atoms with van der Waals surface area (Å²) in [4.78, 5) is 4.83. The van der Waals surface area contributed by atoms with Gasteiger partial charge in [-0.25, -0.2) is 0 Å². The molecule has 11 rings (SSSR count). The number of rotatable bonds is 8. The summed E-state index contributed by atoms with van der Waals surface area (Å²) in [6.45, 7) is 10.0. The number of nitrogens with zero attached hydrogens (tertiary/aromatic N) is 2. The third kappa shape index (κ3) is 5.92. The average Bonchev–Trinajstić information content (AvgIpc) is 3.69.